The Morgan fingerprint density at radius 2 is 1.71 bits per heavy atom. The topological polar surface area (TPSA) is 113 Å². The van der Waals surface area contributed by atoms with Crippen molar-refractivity contribution in [3.05, 3.63) is 0 Å². The molecule has 138 valence electrons. The minimum Gasteiger partial charge on any atom is -0.480 e. The summed E-state index contributed by atoms with van der Waals surface area (Å²) in [5.41, 5.74) is 5.90. The van der Waals surface area contributed by atoms with Gasteiger partial charge < -0.3 is 21.1 Å². The highest BCUT2D eigenvalue weighted by Crippen LogP contribution is 2.19. The Bertz CT molecular complexity index is 457. The van der Waals surface area contributed by atoms with Gasteiger partial charge in [-0.05, 0) is 31.1 Å². The van der Waals surface area contributed by atoms with Crippen LogP contribution < -0.4 is 11.1 Å². The van der Waals surface area contributed by atoms with Crippen LogP contribution in [0.2, 0.25) is 0 Å². The zero-order chi connectivity index (χ0) is 18.4. The fourth-order valence-corrected chi connectivity index (χ4v) is 2.84. The number of carbonyl (C=O) groups excluding carboxylic acids is 2. The van der Waals surface area contributed by atoms with Gasteiger partial charge in [-0.3, -0.25) is 9.59 Å². The summed E-state index contributed by atoms with van der Waals surface area (Å²) in [6, 6.07) is -1.37. The van der Waals surface area contributed by atoms with Crippen LogP contribution in [0.3, 0.4) is 0 Å². The summed E-state index contributed by atoms with van der Waals surface area (Å²) in [5, 5.41) is 11.9. The number of aliphatic carboxylic acids is 1. The first-order valence-electron chi connectivity index (χ1n) is 8.71. The van der Waals surface area contributed by atoms with E-state index in [1.54, 1.807) is 4.90 Å². The van der Waals surface area contributed by atoms with Gasteiger partial charge in [0.25, 0.3) is 0 Å². The summed E-state index contributed by atoms with van der Waals surface area (Å²) in [6.45, 7) is 8.62. The number of carbonyl (C=O) groups is 3. The number of nitrogens with zero attached hydrogens (tertiary/aromatic N) is 1. The van der Waals surface area contributed by atoms with E-state index >= 15 is 0 Å². The number of hydrogen-bond donors (Lipinski definition) is 3. The van der Waals surface area contributed by atoms with Gasteiger partial charge in [0, 0.05) is 19.0 Å². The van der Waals surface area contributed by atoms with E-state index in [1.807, 2.05) is 27.7 Å². The van der Waals surface area contributed by atoms with Crippen LogP contribution in [0.5, 0.6) is 0 Å². The van der Waals surface area contributed by atoms with Crippen LogP contribution in [-0.2, 0) is 14.4 Å². The largest absolute Gasteiger partial charge is 0.480 e. The summed E-state index contributed by atoms with van der Waals surface area (Å²) >= 11 is 0. The van der Waals surface area contributed by atoms with E-state index in [9.17, 15) is 19.5 Å². The van der Waals surface area contributed by atoms with Crippen LogP contribution in [0.25, 0.3) is 0 Å². The molecule has 1 saturated heterocycles. The van der Waals surface area contributed by atoms with Gasteiger partial charge in [-0.25, -0.2) is 4.79 Å². The molecule has 2 atom stereocenters. The van der Waals surface area contributed by atoms with E-state index < -0.39 is 18.1 Å². The Labute approximate surface area is 144 Å². The third kappa shape index (κ3) is 5.78. The van der Waals surface area contributed by atoms with Crippen LogP contribution in [0, 0.1) is 17.8 Å². The number of nitrogens with one attached hydrogen (secondary N) is 1. The van der Waals surface area contributed by atoms with Crippen LogP contribution in [0.4, 0.5) is 0 Å². The molecule has 0 radical (unpaired) electrons. The molecular weight excluding hydrogens is 310 g/mol. The smallest absolute Gasteiger partial charge is 0.326 e. The number of piperidine rings is 1. The predicted molar refractivity (Wildman–Crippen MR) is 91.1 cm³/mol. The van der Waals surface area contributed by atoms with Crippen LogP contribution in [-0.4, -0.2) is 53.0 Å². The molecule has 2 unspecified atom stereocenters. The number of hydrogen-bond acceptors (Lipinski definition) is 4. The monoisotopic (exact) mass is 341 g/mol. The molecule has 0 aromatic heterocycles. The molecule has 4 N–H and O–H groups in total. The zero-order valence-electron chi connectivity index (χ0n) is 15.1. The van der Waals surface area contributed by atoms with E-state index in [2.05, 4.69) is 5.32 Å². The molecule has 1 fully saturated rings. The second-order valence-corrected chi connectivity index (χ2v) is 7.40. The second-order valence-electron chi connectivity index (χ2n) is 7.40. The molecule has 7 heteroatoms. The number of amides is 2. The molecular formula is C17H31N3O4. The maximum atomic E-state index is 12.3. The molecule has 1 rings (SSSR count). The van der Waals surface area contributed by atoms with Crippen molar-refractivity contribution in [2.75, 3.05) is 13.1 Å². The third-order valence-corrected chi connectivity index (χ3v) is 4.50. The van der Waals surface area contributed by atoms with E-state index in [4.69, 9.17) is 5.73 Å². The Kier molecular flexibility index (Phi) is 7.66. The van der Waals surface area contributed by atoms with Crippen LogP contribution in [0.15, 0.2) is 0 Å². The van der Waals surface area contributed by atoms with Crippen molar-refractivity contribution in [3.63, 3.8) is 0 Å². The van der Waals surface area contributed by atoms with Crippen molar-refractivity contribution in [1.82, 2.24) is 10.2 Å². The molecule has 1 aliphatic rings. The van der Waals surface area contributed by atoms with E-state index in [0.29, 0.717) is 32.4 Å². The first kappa shape index (κ1) is 20.4. The highest BCUT2D eigenvalue weighted by Gasteiger charge is 2.32. The van der Waals surface area contributed by atoms with Crippen molar-refractivity contribution in [3.8, 4) is 0 Å². The Hall–Kier alpha value is -1.63. The lowest BCUT2D eigenvalue weighted by Crippen LogP contribution is -2.51. The molecule has 2 amide bonds. The van der Waals surface area contributed by atoms with Crippen molar-refractivity contribution in [1.29, 1.82) is 0 Å². The van der Waals surface area contributed by atoms with Crippen molar-refractivity contribution in [2.45, 2.75) is 59.0 Å². The van der Waals surface area contributed by atoms with Gasteiger partial charge in [0.15, 0.2) is 0 Å². The van der Waals surface area contributed by atoms with Gasteiger partial charge in [0.05, 0.1) is 6.04 Å². The number of carboxylic acids is 1. The lowest BCUT2D eigenvalue weighted by Gasteiger charge is -2.34. The van der Waals surface area contributed by atoms with Gasteiger partial charge in [0.1, 0.15) is 6.04 Å². The van der Waals surface area contributed by atoms with Crippen molar-refractivity contribution >= 4 is 17.8 Å². The van der Waals surface area contributed by atoms with Crippen molar-refractivity contribution < 1.29 is 19.5 Å². The molecule has 1 heterocycles. The lowest BCUT2D eigenvalue weighted by atomic mass is 9.93. The number of nitrogens with two attached hydrogens (primary N) is 1. The van der Waals surface area contributed by atoms with E-state index in [0.717, 1.165) is 0 Å². The summed E-state index contributed by atoms with van der Waals surface area (Å²) in [4.78, 5) is 37.5. The van der Waals surface area contributed by atoms with Crippen LogP contribution in [0.1, 0.15) is 47.0 Å². The highest BCUT2D eigenvalue weighted by molar-refractivity contribution is 5.85. The molecule has 0 saturated carbocycles. The first-order chi connectivity index (χ1) is 11.1. The van der Waals surface area contributed by atoms with E-state index in [1.165, 1.54) is 0 Å². The molecule has 0 aromatic carbocycles. The molecule has 24 heavy (non-hydrogen) atoms. The van der Waals surface area contributed by atoms with Gasteiger partial charge in [-0.2, -0.15) is 0 Å². The SMILES string of the molecule is CC(C)CC(NC(=O)C1CCN(C(=O)C(N)C(C)C)CC1)C(=O)O. The number of rotatable bonds is 7. The second kappa shape index (κ2) is 9.01. The minimum absolute atomic E-state index is 0.0749. The van der Waals surface area contributed by atoms with Crippen LogP contribution >= 0.6 is 0 Å². The fraction of sp³-hybridized carbons (Fsp3) is 0.824. The summed E-state index contributed by atoms with van der Waals surface area (Å²) < 4.78 is 0. The molecule has 0 spiro atoms. The molecule has 1 aliphatic heterocycles. The molecule has 0 bridgehead atoms. The molecule has 0 aromatic rings. The fourth-order valence-electron chi connectivity index (χ4n) is 2.84. The summed E-state index contributed by atoms with van der Waals surface area (Å²) in [7, 11) is 0. The summed E-state index contributed by atoms with van der Waals surface area (Å²) in [5.74, 6) is -1.31. The maximum Gasteiger partial charge on any atom is 0.326 e. The predicted octanol–water partition coefficient (Wildman–Crippen LogP) is 0.824. The quantitative estimate of drug-likeness (QED) is 0.635. The Balaban J connectivity index is 2.53. The average Bonchev–Trinajstić information content (AvgIpc) is 2.52. The Morgan fingerprint density at radius 3 is 2.12 bits per heavy atom. The summed E-state index contributed by atoms with van der Waals surface area (Å²) in [6.07, 6.45) is 1.48. The van der Waals surface area contributed by atoms with Crippen molar-refractivity contribution in [2.24, 2.45) is 23.5 Å². The first-order valence-corrected chi connectivity index (χ1v) is 8.71. The maximum absolute atomic E-state index is 12.3. The van der Waals surface area contributed by atoms with Gasteiger partial charge in [0.2, 0.25) is 11.8 Å². The molecule has 0 aliphatic carbocycles. The zero-order valence-corrected chi connectivity index (χ0v) is 15.1. The van der Waals surface area contributed by atoms with Gasteiger partial charge in [-0.1, -0.05) is 27.7 Å². The minimum atomic E-state index is -1.01. The number of carboxylic acid groups (broad SMARTS) is 1. The lowest BCUT2D eigenvalue weighted by molar-refractivity contribution is -0.143. The van der Waals surface area contributed by atoms with Gasteiger partial charge in [-0.15, -0.1) is 0 Å². The standard InChI is InChI=1S/C17H31N3O4/c1-10(2)9-13(17(23)24)19-15(21)12-5-7-20(8-6-12)16(22)14(18)11(3)4/h10-14H,5-9,18H2,1-4H3,(H,19,21)(H,23,24). The molecule has 7 nitrogen and oxygen atoms in total. The highest BCUT2D eigenvalue weighted by atomic mass is 16.4. The normalized spacial score (nSPS) is 18.5. The average molecular weight is 341 g/mol. The van der Waals surface area contributed by atoms with E-state index in [-0.39, 0.29) is 29.6 Å². The van der Waals surface area contributed by atoms with Gasteiger partial charge >= 0.3 is 5.97 Å². The number of likely N-dealkylation sites (tertiary alicyclic amines) is 1. The Morgan fingerprint density at radius 1 is 1.17 bits per heavy atom. The third-order valence-electron chi connectivity index (χ3n) is 4.50.